The molecule has 0 radical (unpaired) electrons. The van der Waals surface area contributed by atoms with E-state index in [4.69, 9.17) is 0 Å². The van der Waals surface area contributed by atoms with Crippen LogP contribution in [-0.4, -0.2) is 32.6 Å². The molecule has 0 spiro atoms. The highest BCUT2D eigenvalue weighted by Gasteiger charge is 2.60. The van der Waals surface area contributed by atoms with Crippen LogP contribution in [0.5, 0.6) is 0 Å². The van der Waals surface area contributed by atoms with Gasteiger partial charge in [-0.1, -0.05) is 29.4 Å². The van der Waals surface area contributed by atoms with E-state index in [-0.39, 0.29) is 5.71 Å². The smallest absolute Gasteiger partial charge is 0.350 e. The normalized spacial score (nSPS) is 23.4. The third-order valence-corrected chi connectivity index (χ3v) is 4.47. The molecule has 1 saturated carbocycles. The summed E-state index contributed by atoms with van der Waals surface area (Å²) in [5.74, 6) is -3.24. The Morgan fingerprint density at radius 3 is 2.52 bits per heavy atom. The van der Waals surface area contributed by atoms with Crippen LogP contribution in [0.25, 0.3) is 0 Å². The number of benzene rings is 1. The lowest BCUT2D eigenvalue weighted by Crippen LogP contribution is -2.45. The van der Waals surface area contributed by atoms with Crippen molar-refractivity contribution in [2.45, 2.75) is 43.7 Å². The lowest BCUT2D eigenvalue weighted by atomic mass is 10.00. The number of rotatable bonds is 4. The Bertz CT molecular complexity index is 809. The van der Waals surface area contributed by atoms with Crippen LogP contribution < -0.4 is 0 Å². The van der Waals surface area contributed by atoms with Gasteiger partial charge in [-0.15, -0.1) is 0 Å². The molecule has 2 aromatic rings. The van der Waals surface area contributed by atoms with Gasteiger partial charge in [-0.3, -0.25) is 4.68 Å². The number of aromatic nitrogens is 2. The van der Waals surface area contributed by atoms with Gasteiger partial charge in [0.15, 0.2) is 0 Å². The summed E-state index contributed by atoms with van der Waals surface area (Å²) >= 11 is 0. The third kappa shape index (κ3) is 3.02. The first kappa shape index (κ1) is 16.1. The minimum absolute atomic E-state index is 0.0781. The first-order chi connectivity index (χ1) is 11.9. The van der Waals surface area contributed by atoms with Crippen LogP contribution in [0.3, 0.4) is 0 Å². The standard InChI is InChI=1S/C17H16F3N3O2/c18-17(19,20)16(24)10-15(22-25-16)12-3-1-11(2-4-12)9-14-7-8-21-23(14)13-5-6-13/h1-4,7-8,13,24H,5-6,9-10H2. The molecule has 2 aliphatic rings. The number of hydrogen-bond acceptors (Lipinski definition) is 4. The number of alkyl halides is 3. The highest BCUT2D eigenvalue weighted by atomic mass is 19.4. The average Bonchev–Trinajstić information content (AvgIpc) is 3.16. The van der Waals surface area contributed by atoms with Gasteiger partial charge in [0.2, 0.25) is 0 Å². The van der Waals surface area contributed by atoms with E-state index < -0.39 is 18.4 Å². The zero-order chi connectivity index (χ0) is 17.7. The largest absolute Gasteiger partial charge is 0.458 e. The van der Waals surface area contributed by atoms with E-state index in [0.29, 0.717) is 18.0 Å². The number of oxime groups is 1. The fourth-order valence-electron chi connectivity index (χ4n) is 2.88. The topological polar surface area (TPSA) is 59.6 Å². The summed E-state index contributed by atoms with van der Waals surface area (Å²) in [4.78, 5) is 4.24. The summed E-state index contributed by atoms with van der Waals surface area (Å²) < 4.78 is 40.3. The van der Waals surface area contributed by atoms with E-state index in [1.807, 2.05) is 22.9 Å². The van der Waals surface area contributed by atoms with E-state index in [1.54, 1.807) is 18.3 Å². The molecule has 1 unspecified atom stereocenters. The van der Waals surface area contributed by atoms with Gasteiger partial charge in [-0.25, -0.2) is 0 Å². The molecule has 1 fully saturated rings. The van der Waals surface area contributed by atoms with Crippen molar-refractivity contribution in [1.29, 1.82) is 0 Å². The summed E-state index contributed by atoms with van der Waals surface area (Å²) in [5.41, 5.74) is 2.72. The Kier molecular flexibility index (Phi) is 3.61. The molecule has 1 aliphatic carbocycles. The highest BCUT2D eigenvalue weighted by Crippen LogP contribution is 2.39. The van der Waals surface area contributed by atoms with Crippen LogP contribution in [-0.2, 0) is 11.3 Å². The fourth-order valence-corrected chi connectivity index (χ4v) is 2.88. The van der Waals surface area contributed by atoms with Crippen molar-refractivity contribution in [2.24, 2.45) is 5.16 Å². The van der Waals surface area contributed by atoms with Gasteiger partial charge in [-0.05, 0) is 30.0 Å². The fraction of sp³-hybridized carbons (Fsp3) is 0.412. The minimum Gasteiger partial charge on any atom is -0.350 e. The molecule has 0 saturated heterocycles. The van der Waals surface area contributed by atoms with Crippen molar-refractivity contribution in [2.75, 3.05) is 0 Å². The number of nitrogens with zero attached hydrogens (tertiary/aromatic N) is 3. The summed E-state index contributed by atoms with van der Waals surface area (Å²) in [5, 5.41) is 17.3. The molecule has 5 nitrogen and oxygen atoms in total. The van der Waals surface area contributed by atoms with Crippen molar-refractivity contribution in [3.8, 4) is 0 Å². The molecule has 1 atom stereocenters. The van der Waals surface area contributed by atoms with Crippen LogP contribution in [0.15, 0.2) is 41.7 Å². The van der Waals surface area contributed by atoms with E-state index in [2.05, 4.69) is 15.1 Å². The Labute approximate surface area is 141 Å². The van der Waals surface area contributed by atoms with Gasteiger partial charge < -0.3 is 9.94 Å². The van der Waals surface area contributed by atoms with E-state index in [1.165, 1.54) is 0 Å². The molecular formula is C17H16F3N3O2. The van der Waals surface area contributed by atoms with Gasteiger partial charge in [-0.2, -0.15) is 18.3 Å². The highest BCUT2D eigenvalue weighted by molar-refractivity contribution is 6.01. The number of halogens is 3. The van der Waals surface area contributed by atoms with Crippen molar-refractivity contribution < 1.29 is 23.1 Å². The Balaban J connectivity index is 1.47. The maximum absolute atomic E-state index is 12.8. The Morgan fingerprint density at radius 1 is 1.20 bits per heavy atom. The quantitative estimate of drug-likeness (QED) is 0.920. The second-order valence-electron chi connectivity index (χ2n) is 6.46. The summed E-state index contributed by atoms with van der Waals surface area (Å²) in [7, 11) is 0. The zero-order valence-electron chi connectivity index (χ0n) is 13.2. The van der Waals surface area contributed by atoms with Crippen LogP contribution in [0.4, 0.5) is 13.2 Å². The Hall–Kier alpha value is -2.35. The zero-order valence-corrected chi connectivity index (χ0v) is 13.2. The molecule has 1 aromatic carbocycles. The monoisotopic (exact) mass is 351 g/mol. The molecule has 4 rings (SSSR count). The maximum atomic E-state index is 12.8. The van der Waals surface area contributed by atoms with Crippen molar-refractivity contribution in [1.82, 2.24) is 9.78 Å². The first-order valence-electron chi connectivity index (χ1n) is 8.01. The SMILES string of the molecule is OC1(C(F)(F)F)CC(c2ccc(Cc3ccnn3C3CC3)cc2)=NO1. The maximum Gasteiger partial charge on any atom is 0.458 e. The van der Waals surface area contributed by atoms with E-state index >= 15 is 0 Å². The summed E-state index contributed by atoms with van der Waals surface area (Å²) in [6.07, 6.45) is -0.828. The summed E-state index contributed by atoms with van der Waals surface area (Å²) in [6.45, 7) is 0. The summed E-state index contributed by atoms with van der Waals surface area (Å²) in [6, 6.07) is 9.54. The van der Waals surface area contributed by atoms with Gasteiger partial charge in [0, 0.05) is 18.3 Å². The van der Waals surface area contributed by atoms with Crippen molar-refractivity contribution in [3.63, 3.8) is 0 Å². The van der Waals surface area contributed by atoms with Crippen molar-refractivity contribution in [3.05, 3.63) is 53.3 Å². The third-order valence-electron chi connectivity index (χ3n) is 4.47. The van der Waals surface area contributed by atoms with Crippen LogP contribution in [0.1, 0.15) is 42.1 Å². The molecule has 8 heteroatoms. The predicted molar refractivity (Wildman–Crippen MR) is 83.0 cm³/mol. The number of aliphatic hydroxyl groups is 1. The molecule has 2 heterocycles. The molecule has 0 bridgehead atoms. The average molecular weight is 351 g/mol. The minimum atomic E-state index is -4.89. The van der Waals surface area contributed by atoms with Crippen LogP contribution in [0.2, 0.25) is 0 Å². The molecule has 0 amide bonds. The molecule has 25 heavy (non-hydrogen) atoms. The van der Waals surface area contributed by atoms with Gasteiger partial charge in [0.05, 0.1) is 18.2 Å². The predicted octanol–water partition coefficient (Wildman–Crippen LogP) is 3.18. The second-order valence-corrected chi connectivity index (χ2v) is 6.46. The first-order valence-corrected chi connectivity index (χ1v) is 8.01. The molecule has 1 aromatic heterocycles. The van der Waals surface area contributed by atoms with E-state index in [0.717, 1.165) is 24.1 Å². The van der Waals surface area contributed by atoms with Crippen LogP contribution in [0, 0.1) is 0 Å². The Morgan fingerprint density at radius 2 is 1.92 bits per heavy atom. The van der Waals surface area contributed by atoms with Gasteiger partial charge >= 0.3 is 12.0 Å². The lowest BCUT2D eigenvalue weighted by molar-refractivity contribution is -0.355. The number of hydrogen-bond donors (Lipinski definition) is 1. The van der Waals surface area contributed by atoms with Crippen molar-refractivity contribution >= 4 is 5.71 Å². The van der Waals surface area contributed by atoms with Crippen LogP contribution >= 0.6 is 0 Å². The second kappa shape index (κ2) is 5.59. The molecule has 132 valence electrons. The lowest BCUT2D eigenvalue weighted by Gasteiger charge is -2.22. The molecule has 1 aliphatic heterocycles. The molecule has 1 N–H and O–H groups in total. The van der Waals surface area contributed by atoms with Gasteiger partial charge in [0.25, 0.3) is 0 Å². The van der Waals surface area contributed by atoms with Gasteiger partial charge in [0.1, 0.15) is 0 Å². The van der Waals surface area contributed by atoms with E-state index in [9.17, 15) is 18.3 Å². The molecular weight excluding hydrogens is 335 g/mol.